The molecular weight excluding hydrogens is 332 g/mol. The lowest BCUT2D eigenvalue weighted by Crippen LogP contribution is -2.56. The molecule has 2 heteroatoms. The zero-order valence-corrected chi connectivity index (χ0v) is 17.0. The SMILES string of the molecule is CCC12CCC3C4CCC(=O)C=C4C4C(C)C4C3C1C1CC1C21CCCO1. The van der Waals surface area contributed by atoms with Gasteiger partial charge in [-0.05, 0) is 104 Å². The molecule has 11 unspecified atom stereocenters. The highest BCUT2D eigenvalue weighted by Gasteiger charge is 2.80. The number of hydrogen-bond acceptors (Lipinski definition) is 2. The van der Waals surface area contributed by atoms with Crippen molar-refractivity contribution >= 4 is 5.78 Å². The first-order chi connectivity index (χ1) is 13.1. The smallest absolute Gasteiger partial charge is 0.155 e. The van der Waals surface area contributed by atoms with Crippen LogP contribution in [0.3, 0.4) is 0 Å². The fourth-order valence-corrected chi connectivity index (χ4v) is 10.4. The number of hydrogen-bond donors (Lipinski definition) is 0. The van der Waals surface area contributed by atoms with Gasteiger partial charge in [0.2, 0.25) is 0 Å². The van der Waals surface area contributed by atoms with E-state index in [0.717, 1.165) is 72.7 Å². The van der Waals surface area contributed by atoms with E-state index in [2.05, 4.69) is 19.9 Å². The molecule has 0 bridgehead atoms. The van der Waals surface area contributed by atoms with Crippen LogP contribution >= 0.6 is 0 Å². The summed E-state index contributed by atoms with van der Waals surface area (Å²) < 4.78 is 6.74. The second-order valence-corrected chi connectivity index (χ2v) is 11.4. The number of ketones is 1. The summed E-state index contributed by atoms with van der Waals surface area (Å²) in [6.45, 7) is 6.01. The van der Waals surface area contributed by atoms with Gasteiger partial charge in [-0.15, -0.1) is 0 Å². The largest absolute Gasteiger partial charge is 0.374 e. The van der Waals surface area contributed by atoms with Crippen molar-refractivity contribution in [2.75, 3.05) is 6.61 Å². The summed E-state index contributed by atoms with van der Waals surface area (Å²) >= 11 is 0. The highest BCUT2D eigenvalue weighted by Crippen LogP contribution is 2.82. The molecule has 0 radical (unpaired) electrons. The zero-order chi connectivity index (χ0) is 18.1. The lowest BCUT2D eigenvalue weighted by molar-refractivity contribution is -0.161. The van der Waals surface area contributed by atoms with Crippen molar-refractivity contribution in [2.24, 2.45) is 58.7 Å². The van der Waals surface area contributed by atoms with Crippen molar-refractivity contribution in [1.82, 2.24) is 0 Å². The average molecular weight is 367 g/mol. The molecule has 0 aromatic carbocycles. The minimum atomic E-state index is 0.258. The van der Waals surface area contributed by atoms with Gasteiger partial charge >= 0.3 is 0 Å². The first-order valence-corrected chi connectivity index (χ1v) is 12.0. The van der Waals surface area contributed by atoms with Crippen LogP contribution < -0.4 is 0 Å². The van der Waals surface area contributed by atoms with Gasteiger partial charge < -0.3 is 4.74 Å². The van der Waals surface area contributed by atoms with Gasteiger partial charge in [0.1, 0.15) is 0 Å². The first-order valence-electron chi connectivity index (χ1n) is 12.0. The highest BCUT2D eigenvalue weighted by molar-refractivity contribution is 5.91. The number of ether oxygens (including phenoxy) is 1. The standard InChI is InChI=1S/C25H34O2/c1-3-24-9-7-16-15-6-5-14(26)11-17(15)20-13(2)21(20)22(16)23(24)18-12-19(18)25(24)8-4-10-27-25/h11,13,15-16,18-23H,3-10,12H2,1-2H3. The summed E-state index contributed by atoms with van der Waals surface area (Å²) in [6.07, 6.45) is 12.4. The topological polar surface area (TPSA) is 26.3 Å². The average Bonchev–Trinajstić information content (AvgIpc) is 3.53. The molecule has 1 saturated heterocycles. The number of carbonyl (C=O) groups excluding carboxylic acids is 1. The maximum atomic E-state index is 12.2. The summed E-state index contributed by atoms with van der Waals surface area (Å²) in [6, 6.07) is 0. The van der Waals surface area contributed by atoms with E-state index in [9.17, 15) is 4.79 Å². The van der Waals surface area contributed by atoms with Gasteiger partial charge in [-0.2, -0.15) is 0 Å². The Balaban J connectivity index is 1.34. The minimum Gasteiger partial charge on any atom is -0.374 e. The molecule has 7 aliphatic rings. The molecule has 1 heterocycles. The van der Waals surface area contributed by atoms with Gasteiger partial charge in [0.25, 0.3) is 0 Å². The second-order valence-electron chi connectivity index (χ2n) is 11.4. The molecule has 5 saturated carbocycles. The van der Waals surface area contributed by atoms with Crippen LogP contribution in [0.25, 0.3) is 0 Å². The molecule has 6 fully saturated rings. The lowest BCUT2D eigenvalue weighted by atomic mass is 9.47. The Hall–Kier alpha value is -0.630. The fraction of sp³-hybridized carbons (Fsp3) is 0.880. The van der Waals surface area contributed by atoms with Crippen LogP contribution in [-0.4, -0.2) is 18.0 Å². The van der Waals surface area contributed by atoms with Crippen molar-refractivity contribution in [1.29, 1.82) is 0 Å². The van der Waals surface area contributed by atoms with Gasteiger partial charge in [0.15, 0.2) is 5.78 Å². The van der Waals surface area contributed by atoms with Gasteiger partial charge in [-0.3, -0.25) is 4.79 Å². The summed E-state index contributed by atoms with van der Waals surface area (Å²) in [5.74, 6) is 8.23. The van der Waals surface area contributed by atoms with E-state index < -0.39 is 0 Å². The Labute approximate surface area is 163 Å². The van der Waals surface area contributed by atoms with E-state index in [4.69, 9.17) is 4.74 Å². The van der Waals surface area contributed by atoms with E-state index in [1.807, 2.05) is 0 Å². The van der Waals surface area contributed by atoms with Crippen LogP contribution in [0.5, 0.6) is 0 Å². The number of allylic oxidation sites excluding steroid dienone is 1. The van der Waals surface area contributed by atoms with Crippen molar-refractivity contribution < 1.29 is 9.53 Å². The van der Waals surface area contributed by atoms with Crippen molar-refractivity contribution in [3.8, 4) is 0 Å². The molecule has 2 nitrogen and oxygen atoms in total. The monoisotopic (exact) mass is 366 g/mol. The lowest BCUT2D eigenvalue weighted by Gasteiger charge is -2.58. The molecule has 7 rings (SSSR count). The minimum absolute atomic E-state index is 0.258. The zero-order valence-electron chi connectivity index (χ0n) is 17.0. The van der Waals surface area contributed by atoms with Crippen molar-refractivity contribution in [3.05, 3.63) is 11.6 Å². The summed E-state index contributed by atoms with van der Waals surface area (Å²) in [7, 11) is 0. The van der Waals surface area contributed by atoms with Crippen molar-refractivity contribution in [3.63, 3.8) is 0 Å². The molecule has 0 amide bonds. The van der Waals surface area contributed by atoms with Gasteiger partial charge in [-0.25, -0.2) is 0 Å². The van der Waals surface area contributed by atoms with Gasteiger partial charge in [0.05, 0.1) is 5.60 Å². The van der Waals surface area contributed by atoms with Crippen molar-refractivity contribution in [2.45, 2.75) is 70.8 Å². The maximum absolute atomic E-state index is 12.2. The molecule has 146 valence electrons. The van der Waals surface area contributed by atoms with Crippen LogP contribution in [-0.2, 0) is 9.53 Å². The van der Waals surface area contributed by atoms with Crippen LogP contribution in [0.1, 0.15) is 65.2 Å². The first kappa shape index (κ1) is 16.2. The molecule has 1 aliphatic heterocycles. The highest BCUT2D eigenvalue weighted by atomic mass is 16.5. The molecule has 11 atom stereocenters. The van der Waals surface area contributed by atoms with E-state index in [1.54, 1.807) is 5.57 Å². The van der Waals surface area contributed by atoms with E-state index in [1.165, 1.54) is 38.5 Å². The van der Waals surface area contributed by atoms with Crippen LogP contribution in [0.15, 0.2) is 11.6 Å². The fourth-order valence-electron chi connectivity index (χ4n) is 10.4. The Morgan fingerprint density at radius 3 is 2.85 bits per heavy atom. The number of carbonyl (C=O) groups is 1. The Morgan fingerprint density at radius 2 is 2.07 bits per heavy atom. The second kappa shape index (κ2) is 4.91. The predicted molar refractivity (Wildman–Crippen MR) is 104 cm³/mol. The van der Waals surface area contributed by atoms with Gasteiger partial charge in [-0.1, -0.05) is 19.4 Å². The van der Waals surface area contributed by atoms with E-state index in [0.29, 0.717) is 11.2 Å². The van der Waals surface area contributed by atoms with Crippen LogP contribution in [0, 0.1) is 58.7 Å². The quantitative estimate of drug-likeness (QED) is 0.651. The number of fused-ring (bicyclic) bond motifs is 12. The Morgan fingerprint density at radius 1 is 1.19 bits per heavy atom. The predicted octanol–water partition coefficient (Wildman–Crippen LogP) is 5.03. The molecule has 6 aliphatic carbocycles. The number of rotatable bonds is 1. The van der Waals surface area contributed by atoms with Gasteiger partial charge in [0, 0.05) is 18.4 Å². The van der Waals surface area contributed by atoms with E-state index >= 15 is 0 Å². The van der Waals surface area contributed by atoms with Crippen LogP contribution in [0.2, 0.25) is 0 Å². The maximum Gasteiger partial charge on any atom is 0.155 e. The molecular formula is C25H34O2. The molecule has 0 aromatic rings. The molecule has 0 aromatic heterocycles. The Kier molecular flexibility index (Phi) is 2.95. The third-order valence-corrected chi connectivity index (χ3v) is 11.1. The normalized spacial score (nSPS) is 62.2. The third-order valence-electron chi connectivity index (χ3n) is 11.1. The molecule has 1 spiro atoms. The van der Waals surface area contributed by atoms with E-state index in [-0.39, 0.29) is 5.60 Å². The van der Waals surface area contributed by atoms with Crippen LogP contribution in [0.4, 0.5) is 0 Å². The third kappa shape index (κ3) is 1.66. The summed E-state index contributed by atoms with van der Waals surface area (Å²) in [5.41, 5.74) is 2.34. The molecule has 0 N–H and O–H groups in total. The summed E-state index contributed by atoms with van der Waals surface area (Å²) in [4.78, 5) is 12.2. The molecule has 27 heavy (non-hydrogen) atoms. The summed E-state index contributed by atoms with van der Waals surface area (Å²) in [5, 5.41) is 0. The Bertz CT molecular complexity index is 745.